The highest BCUT2D eigenvalue weighted by Gasteiger charge is 2.20. The van der Waals surface area contributed by atoms with Crippen molar-refractivity contribution in [2.45, 2.75) is 0 Å². The molecule has 0 unspecified atom stereocenters. The van der Waals surface area contributed by atoms with Gasteiger partial charge in [0.05, 0.1) is 27.8 Å². The topological polar surface area (TPSA) is 9.86 Å². The van der Waals surface area contributed by atoms with E-state index in [1.54, 1.807) is 0 Å². The van der Waals surface area contributed by atoms with Gasteiger partial charge in [-0.3, -0.25) is 0 Å². The molecule has 0 amide bonds. The molecule has 12 aromatic carbocycles. The number of fused-ring (bicyclic) bond motifs is 6. The van der Waals surface area contributed by atoms with Crippen LogP contribution in [0.2, 0.25) is 0 Å². The van der Waals surface area contributed by atoms with Gasteiger partial charge < -0.3 is 9.13 Å². The lowest BCUT2D eigenvalue weighted by atomic mass is 9.94. The zero-order valence-electron chi connectivity index (χ0n) is 40.6. The quantitative estimate of drug-likeness (QED) is 0.136. The molecule has 0 spiro atoms. The van der Waals surface area contributed by atoms with Crippen molar-refractivity contribution in [2.24, 2.45) is 0 Å². The summed E-state index contributed by atoms with van der Waals surface area (Å²) in [5.74, 6) is 0. The Hall–Kier alpha value is -9.76. The summed E-state index contributed by atoms with van der Waals surface area (Å²) >= 11 is 0. The molecule has 0 bridgehead atoms. The zero-order valence-corrected chi connectivity index (χ0v) is 40.6. The molecule has 0 aliphatic heterocycles. The predicted molar refractivity (Wildman–Crippen MR) is 313 cm³/mol. The van der Waals surface area contributed by atoms with Gasteiger partial charge >= 0.3 is 0 Å². The molecule has 2 nitrogen and oxygen atoms in total. The number of rotatable bonds is 9. The van der Waals surface area contributed by atoms with Gasteiger partial charge in [-0.1, -0.05) is 224 Å². The third-order valence-electron chi connectivity index (χ3n) is 15.0. The smallest absolute Gasteiger partial charge is 0.0547 e. The molecule has 14 aromatic rings. The van der Waals surface area contributed by atoms with Crippen LogP contribution in [0, 0.1) is 0 Å². The first-order chi connectivity index (χ1) is 36.7. The molecule has 0 fully saturated rings. The Balaban J connectivity index is 0.867. The minimum absolute atomic E-state index is 1.13. The first-order valence-electron chi connectivity index (χ1n) is 25.5. The summed E-state index contributed by atoms with van der Waals surface area (Å²) < 4.78 is 4.89. The fraction of sp³-hybridized carbons (Fsp3) is 0. The highest BCUT2D eigenvalue weighted by molar-refractivity contribution is 6.17. The second-order valence-electron chi connectivity index (χ2n) is 19.3. The van der Waals surface area contributed by atoms with Crippen LogP contribution in [-0.4, -0.2) is 9.13 Å². The molecule has 0 saturated heterocycles. The first kappa shape index (κ1) is 43.1. The van der Waals surface area contributed by atoms with Gasteiger partial charge in [0.1, 0.15) is 0 Å². The van der Waals surface area contributed by atoms with E-state index in [9.17, 15) is 0 Å². The molecule has 0 atom stereocenters. The molecular weight excluding hydrogens is 893 g/mol. The van der Waals surface area contributed by atoms with E-state index in [4.69, 9.17) is 0 Å². The minimum Gasteiger partial charge on any atom is -0.309 e. The van der Waals surface area contributed by atoms with Crippen molar-refractivity contribution in [3.8, 4) is 89.3 Å². The molecule has 2 heteroatoms. The number of hydrogen-bond acceptors (Lipinski definition) is 0. The predicted octanol–water partition coefficient (Wildman–Crippen LogP) is 19.5. The van der Waals surface area contributed by atoms with E-state index >= 15 is 0 Å². The Morgan fingerprint density at radius 1 is 0.189 bits per heavy atom. The maximum absolute atomic E-state index is 2.45. The normalized spacial score (nSPS) is 11.5. The third-order valence-corrected chi connectivity index (χ3v) is 15.0. The van der Waals surface area contributed by atoms with Crippen molar-refractivity contribution < 1.29 is 0 Å². The van der Waals surface area contributed by atoms with Gasteiger partial charge in [0.2, 0.25) is 0 Å². The molecular formula is C72H48N2. The zero-order chi connectivity index (χ0) is 49.0. The Bertz CT molecular complexity index is 4360. The number of hydrogen-bond donors (Lipinski definition) is 0. The monoisotopic (exact) mass is 940 g/mol. The molecule has 0 aliphatic rings. The average Bonchev–Trinajstić information content (AvgIpc) is 4.00. The van der Waals surface area contributed by atoms with E-state index in [0.717, 1.165) is 11.4 Å². The van der Waals surface area contributed by atoms with Gasteiger partial charge in [-0.15, -0.1) is 0 Å². The van der Waals surface area contributed by atoms with Crippen LogP contribution < -0.4 is 0 Å². The second kappa shape index (κ2) is 18.1. The largest absolute Gasteiger partial charge is 0.309 e. The Labute approximate surface area is 431 Å². The van der Waals surface area contributed by atoms with Gasteiger partial charge in [0, 0.05) is 32.8 Å². The van der Waals surface area contributed by atoms with Crippen molar-refractivity contribution in [1.82, 2.24) is 9.13 Å². The van der Waals surface area contributed by atoms with E-state index in [-0.39, 0.29) is 0 Å². The summed E-state index contributed by atoms with van der Waals surface area (Å²) in [6.45, 7) is 0. The van der Waals surface area contributed by atoms with Crippen LogP contribution >= 0.6 is 0 Å². The summed E-state index contributed by atoms with van der Waals surface area (Å²) in [6.07, 6.45) is 0. The highest BCUT2D eigenvalue weighted by atomic mass is 15.0. The number of aromatic nitrogens is 2. The fourth-order valence-corrected chi connectivity index (χ4v) is 11.4. The van der Waals surface area contributed by atoms with Gasteiger partial charge in [-0.25, -0.2) is 0 Å². The summed E-state index contributed by atoms with van der Waals surface area (Å²) in [5.41, 5.74) is 23.8. The maximum Gasteiger partial charge on any atom is 0.0547 e. The Kier molecular flexibility index (Phi) is 10.6. The van der Waals surface area contributed by atoms with Crippen LogP contribution in [0.25, 0.3) is 133 Å². The lowest BCUT2D eigenvalue weighted by Crippen LogP contribution is -1.98. The van der Waals surface area contributed by atoms with Crippen molar-refractivity contribution in [3.63, 3.8) is 0 Å². The van der Waals surface area contributed by atoms with Gasteiger partial charge in [0.15, 0.2) is 0 Å². The highest BCUT2D eigenvalue weighted by Crippen LogP contribution is 2.43. The van der Waals surface area contributed by atoms with Gasteiger partial charge in [-0.2, -0.15) is 0 Å². The summed E-state index contributed by atoms with van der Waals surface area (Å²) in [5, 5.41) is 4.93. The van der Waals surface area contributed by atoms with Crippen molar-refractivity contribution in [3.05, 3.63) is 291 Å². The minimum atomic E-state index is 1.13. The Morgan fingerprint density at radius 2 is 0.595 bits per heavy atom. The molecule has 0 aliphatic carbocycles. The van der Waals surface area contributed by atoms with Gasteiger partial charge in [0.25, 0.3) is 0 Å². The van der Waals surface area contributed by atoms with Crippen LogP contribution in [0.4, 0.5) is 0 Å². The summed E-state index contributed by atoms with van der Waals surface area (Å²) in [6, 6.07) is 106. The maximum atomic E-state index is 2.45. The van der Waals surface area contributed by atoms with Crippen LogP contribution in [0.15, 0.2) is 291 Å². The lowest BCUT2D eigenvalue weighted by molar-refractivity contribution is 1.18. The lowest BCUT2D eigenvalue weighted by Gasteiger charge is -2.16. The number of benzene rings is 12. The SMILES string of the molecule is c1ccc(-c2ccc(-n3c4ccc(-c5ccc(-c6ccc7c(c6)c6ccccc6n7-c6ccc(-c7ccccc7)cc6-c6ccccc6)cc5)cc4c4c(-c5cccc(-c6ccccc6)c5)cccc43)cc2)cc1. The molecule has 2 aromatic heterocycles. The second-order valence-corrected chi connectivity index (χ2v) is 19.3. The number of nitrogens with zero attached hydrogens (tertiary/aromatic N) is 2. The van der Waals surface area contributed by atoms with Crippen LogP contribution in [0.3, 0.4) is 0 Å². The molecule has 0 saturated carbocycles. The molecule has 2 heterocycles. The molecule has 14 rings (SSSR count). The summed E-state index contributed by atoms with van der Waals surface area (Å²) in [4.78, 5) is 0. The molecule has 346 valence electrons. The standard InChI is InChI=1S/C72H48N2/c1-5-17-49(18-6-1)52-35-40-61(41-36-52)73-70-44-39-59(48-66(70)72-62(28-16-30-71(72)73)60-26-15-25-56(45-60)50-19-7-2-8-20-50)54-33-31-53(32-34-54)58-38-43-69-65(47-58)63-27-13-14-29-67(63)74(69)68-42-37-57(51-21-9-3-10-22-51)46-64(68)55-23-11-4-12-24-55/h1-48H. The fourth-order valence-electron chi connectivity index (χ4n) is 11.4. The van der Waals surface area contributed by atoms with E-state index in [0.29, 0.717) is 0 Å². The van der Waals surface area contributed by atoms with E-state index in [2.05, 4.69) is 300 Å². The van der Waals surface area contributed by atoms with Crippen LogP contribution in [0.1, 0.15) is 0 Å². The molecule has 0 radical (unpaired) electrons. The summed E-state index contributed by atoms with van der Waals surface area (Å²) in [7, 11) is 0. The van der Waals surface area contributed by atoms with Crippen molar-refractivity contribution in [2.75, 3.05) is 0 Å². The van der Waals surface area contributed by atoms with E-state index in [1.165, 1.54) is 122 Å². The van der Waals surface area contributed by atoms with Crippen molar-refractivity contribution in [1.29, 1.82) is 0 Å². The average molecular weight is 941 g/mol. The van der Waals surface area contributed by atoms with Crippen molar-refractivity contribution >= 4 is 43.6 Å². The number of para-hydroxylation sites is 1. The van der Waals surface area contributed by atoms with Crippen LogP contribution in [0.5, 0.6) is 0 Å². The first-order valence-corrected chi connectivity index (χ1v) is 25.5. The van der Waals surface area contributed by atoms with E-state index < -0.39 is 0 Å². The molecule has 74 heavy (non-hydrogen) atoms. The Morgan fingerprint density at radius 3 is 1.24 bits per heavy atom. The van der Waals surface area contributed by atoms with Gasteiger partial charge in [-0.05, 0) is 139 Å². The van der Waals surface area contributed by atoms with Crippen LogP contribution in [-0.2, 0) is 0 Å². The third kappa shape index (κ3) is 7.52. The van der Waals surface area contributed by atoms with E-state index in [1.807, 2.05) is 0 Å². The molecule has 0 N–H and O–H groups in total.